The minimum atomic E-state index is 0.718. The number of hydrogen-bond acceptors (Lipinski definition) is 2. The molecule has 1 aliphatic rings. The van der Waals surface area contributed by atoms with Crippen LogP contribution in [-0.4, -0.2) is 13.0 Å². The summed E-state index contributed by atoms with van der Waals surface area (Å²) in [4.78, 5) is 3.70. The summed E-state index contributed by atoms with van der Waals surface area (Å²) in [5.74, 6) is 0.718. The van der Waals surface area contributed by atoms with Crippen LogP contribution in [0.3, 0.4) is 0 Å². The van der Waals surface area contributed by atoms with Crippen LogP contribution in [0.25, 0.3) is 0 Å². The first kappa shape index (κ1) is 3.40. The van der Waals surface area contributed by atoms with Gasteiger partial charge >= 0.3 is 0 Å². The summed E-state index contributed by atoms with van der Waals surface area (Å²) in [6.45, 7) is 0. The normalized spacial score (nSPS) is 15.8. The lowest BCUT2D eigenvalue weighted by Crippen LogP contribution is -1.99. The lowest BCUT2D eigenvalue weighted by molar-refractivity contribution is 0.403. The molecule has 2 nitrogen and oxygen atoms in total. The van der Waals surface area contributed by atoms with E-state index in [1.807, 2.05) is 0 Å². The number of methoxy groups -OCH3 is 1. The molecule has 0 fully saturated rings. The fraction of sp³-hybridized carbons (Fsp3) is 0.250. The Hall–Kier alpha value is -0.790. The Labute approximate surface area is 36.1 Å². The van der Waals surface area contributed by atoms with Crippen molar-refractivity contribution in [3.8, 4) is 0 Å². The van der Waals surface area contributed by atoms with Gasteiger partial charge in [0, 0.05) is 12.3 Å². The smallest absolute Gasteiger partial charge is 0.214 e. The van der Waals surface area contributed by atoms with E-state index in [1.54, 1.807) is 19.4 Å². The Morgan fingerprint density at radius 2 is 2.50 bits per heavy atom. The van der Waals surface area contributed by atoms with E-state index in [1.165, 1.54) is 0 Å². The van der Waals surface area contributed by atoms with Crippen LogP contribution in [0.15, 0.2) is 17.3 Å². The molecule has 32 valence electrons. The number of hydrogen-bond donors (Lipinski definition) is 0. The summed E-state index contributed by atoms with van der Waals surface area (Å²) in [6.07, 6.45) is 3.50. The Bertz CT molecular complexity index is 104. The van der Waals surface area contributed by atoms with Crippen molar-refractivity contribution in [3.05, 3.63) is 12.3 Å². The van der Waals surface area contributed by atoms with Crippen LogP contribution in [0.2, 0.25) is 0 Å². The molecule has 1 rings (SSSR count). The van der Waals surface area contributed by atoms with Crippen molar-refractivity contribution in [1.82, 2.24) is 0 Å². The zero-order chi connectivity index (χ0) is 4.41. The van der Waals surface area contributed by atoms with Gasteiger partial charge in [0.1, 0.15) is 0 Å². The average Bonchev–Trinajstić information content (AvgIpc) is 1.31. The molecule has 1 heterocycles. The number of nitrogens with zero attached hydrogens (tertiary/aromatic N) is 1. The van der Waals surface area contributed by atoms with Crippen molar-refractivity contribution in [1.29, 1.82) is 0 Å². The van der Waals surface area contributed by atoms with Gasteiger partial charge in [-0.1, -0.05) is 0 Å². The van der Waals surface area contributed by atoms with Crippen molar-refractivity contribution in [2.45, 2.75) is 0 Å². The largest absolute Gasteiger partial charge is 0.481 e. The fourth-order valence-electron chi connectivity index (χ4n) is 0.256. The van der Waals surface area contributed by atoms with Crippen LogP contribution in [0.5, 0.6) is 0 Å². The van der Waals surface area contributed by atoms with E-state index < -0.39 is 0 Å². The number of aliphatic imine (C=N–C) groups is 1. The maximum Gasteiger partial charge on any atom is 0.214 e. The van der Waals surface area contributed by atoms with Gasteiger partial charge < -0.3 is 4.74 Å². The summed E-state index contributed by atoms with van der Waals surface area (Å²) in [5, 5.41) is 0. The summed E-state index contributed by atoms with van der Waals surface area (Å²) < 4.78 is 4.65. The van der Waals surface area contributed by atoms with Crippen LogP contribution in [-0.2, 0) is 4.74 Å². The number of ether oxygens (including phenoxy) is 1. The Morgan fingerprint density at radius 1 is 1.83 bits per heavy atom. The second-order valence-corrected chi connectivity index (χ2v) is 0.987. The Morgan fingerprint density at radius 3 is 2.50 bits per heavy atom. The van der Waals surface area contributed by atoms with E-state index in [2.05, 4.69) is 9.73 Å². The van der Waals surface area contributed by atoms with Gasteiger partial charge in [-0.25, -0.2) is 4.99 Å². The first-order valence-corrected chi connectivity index (χ1v) is 1.72. The van der Waals surface area contributed by atoms with Gasteiger partial charge in [0.05, 0.1) is 7.11 Å². The van der Waals surface area contributed by atoms with Gasteiger partial charge in [-0.2, -0.15) is 0 Å². The third-order valence-electron chi connectivity index (χ3n) is 0.628. The van der Waals surface area contributed by atoms with Crippen LogP contribution < -0.4 is 0 Å². The van der Waals surface area contributed by atoms with Gasteiger partial charge in [-0.05, 0) is 0 Å². The van der Waals surface area contributed by atoms with Gasteiger partial charge in [0.2, 0.25) is 5.90 Å². The molecule has 0 saturated carbocycles. The molecule has 0 amide bonds. The van der Waals surface area contributed by atoms with E-state index in [0.29, 0.717) is 0 Å². The van der Waals surface area contributed by atoms with Gasteiger partial charge in [-0.3, -0.25) is 0 Å². The van der Waals surface area contributed by atoms with E-state index in [-0.39, 0.29) is 0 Å². The summed E-state index contributed by atoms with van der Waals surface area (Å²) in [5.41, 5.74) is 0. The van der Waals surface area contributed by atoms with Crippen molar-refractivity contribution in [2.75, 3.05) is 7.11 Å². The van der Waals surface area contributed by atoms with Crippen molar-refractivity contribution < 1.29 is 4.74 Å². The van der Waals surface area contributed by atoms with Crippen LogP contribution in [0, 0.1) is 0 Å². The average molecular weight is 83.1 g/mol. The predicted molar refractivity (Wildman–Crippen MR) is 23.6 cm³/mol. The molecular formula is C4H5NO. The topological polar surface area (TPSA) is 21.6 Å². The van der Waals surface area contributed by atoms with Crippen LogP contribution in [0.4, 0.5) is 0 Å². The lowest BCUT2D eigenvalue weighted by Gasteiger charge is -1.99. The van der Waals surface area contributed by atoms with Crippen LogP contribution >= 0.6 is 0 Å². The van der Waals surface area contributed by atoms with E-state index in [4.69, 9.17) is 0 Å². The fourth-order valence-corrected chi connectivity index (χ4v) is 0.256. The van der Waals surface area contributed by atoms with Crippen molar-refractivity contribution >= 4 is 5.90 Å². The second-order valence-electron chi connectivity index (χ2n) is 0.987. The molecule has 0 aromatic rings. The summed E-state index contributed by atoms with van der Waals surface area (Å²) in [6, 6.07) is 0. The summed E-state index contributed by atoms with van der Waals surface area (Å²) >= 11 is 0. The van der Waals surface area contributed by atoms with Crippen LogP contribution in [0.1, 0.15) is 0 Å². The molecule has 0 unspecified atom stereocenters. The summed E-state index contributed by atoms with van der Waals surface area (Å²) in [7, 11) is 1.60. The minimum absolute atomic E-state index is 0.718. The molecule has 2 heteroatoms. The molecule has 0 aromatic heterocycles. The maximum absolute atomic E-state index is 4.65. The van der Waals surface area contributed by atoms with Gasteiger partial charge in [0.15, 0.2) is 0 Å². The van der Waals surface area contributed by atoms with E-state index >= 15 is 0 Å². The monoisotopic (exact) mass is 83.0 g/mol. The highest BCUT2D eigenvalue weighted by molar-refractivity contribution is 5.92. The third kappa shape index (κ3) is 0.302. The molecule has 0 radical (unpaired) electrons. The van der Waals surface area contributed by atoms with Gasteiger partial charge in [-0.15, -0.1) is 0 Å². The predicted octanol–water partition coefficient (Wildman–Crippen LogP) is 0.559. The highest BCUT2D eigenvalue weighted by atomic mass is 16.5. The van der Waals surface area contributed by atoms with Gasteiger partial charge in [0.25, 0.3) is 0 Å². The highest BCUT2D eigenvalue weighted by Gasteiger charge is 1.93. The first-order valence-electron chi connectivity index (χ1n) is 1.72. The van der Waals surface area contributed by atoms with Crippen molar-refractivity contribution in [3.63, 3.8) is 0 Å². The second kappa shape index (κ2) is 1.12. The molecule has 6 heavy (non-hydrogen) atoms. The Balaban J connectivity index is 2.37. The maximum atomic E-state index is 4.65. The van der Waals surface area contributed by atoms with E-state index in [0.717, 1.165) is 5.90 Å². The van der Waals surface area contributed by atoms with Crippen molar-refractivity contribution in [2.24, 2.45) is 4.99 Å². The first-order chi connectivity index (χ1) is 2.93. The highest BCUT2D eigenvalue weighted by Crippen LogP contribution is 1.93. The van der Waals surface area contributed by atoms with E-state index in [9.17, 15) is 0 Å². The molecule has 0 aromatic carbocycles. The minimum Gasteiger partial charge on any atom is -0.481 e. The molecule has 0 saturated heterocycles. The molecule has 0 spiro atoms. The quantitative estimate of drug-likeness (QED) is 0.419. The Kier molecular flexibility index (Phi) is 0.638. The number of rotatable bonds is 0. The molecule has 0 bridgehead atoms. The molecule has 0 aliphatic carbocycles. The lowest BCUT2D eigenvalue weighted by atomic mass is 10.5. The molecule has 1 aliphatic heterocycles. The third-order valence-corrected chi connectivity index (χ3v) is 0.628. The standard InChI is InChI=1S/C4H5NO/c1-6-4-2-3-5-4/h2-3H,1H3. The molecule has 0 atom stereocenters. The SMILES string of the molecule is COC1=NC=C1. The zero-order valence-corrected chi connectivity index (χ0v) is 3.51. The molecular weight excluding hydrogens is 78.0 g/mol. The zero-order valence-electron chi connectivity index (χ0n) is 3.51. The molecule has 0 N–H and O–H groups in total.